The Balaban J connectivity index is 1.98. The topological polar surface area (TPSA) is 42.8 Å². The predicted molar refractivity (Wildman–Crippen MR) is 89.1 cm³/mol. The van der Waals surface area contributed by atoms with Crippen LogP contribution in [0.5, 0.6) is 11.5 Å². The third-order valence-electron chi connectivity index (χ3n) is 2.47. The number of hydroxylamine groups is 1. The predicted octanol–water partition coefficient (Wildman–Crippen LogP) is 4.25. The Morgan fingerprint density at radius 3 is 2.50 bits per heavy atom. The van der Waals surface area contributed by atoms with E-state index < -0.39 is 0 Å². The van der Waals surface area contributed by atoms with Crippen molar-refractivity contribution < 1.29 is 9.57 Å². The van der Waals surface area contributed by atoms with Crippen LogP contribution in [0.25, 0.3) is 0 Å². The van der Waals surface area contributed by atoms with Crippen molar-refractivity contribution in [3.05, 3.63) is 52.5 Å². The number of halogens is 2. The Bertz CT molecular complexity index is 674. The van der Waals surface area contributed by atoms with E-state index in [0.717, 1.165) is 0 Å². The van der Waals surface area contributed by atoms with E-state index in [1.165, 1.54) is 6.34 Å². The molecule has 0 aliphatic carbocycles. The minimum absolute atomic E-state index is 0.0918. The van der Waals surface area contributed by atoms with Crippen LogP contribution in [0.3, 0.4) is 0 Å². The Morgan fingerprint density at radius 2 is 1.86 bits per heavy atom. The van der Waals surface area contributed by atoms with Crippen LogP contribution in [0, 0.1) is 12.3 Å². The molecule has 2 aromatic carbocycles. The van der Waals surface area contributed by atoms with Gasteiger partial charge in [-0.25, -0.2) is 10.5 Å². The first-order valence-corrected chi connectivity index (χ1v) is 7.01. The molecular formula is C16H12Cl2N2O2. The third-order valence-corrected chi connectivity index (χ3v) is 3.03. The van der Waals surface area contributed by atoms with Gasteiger partial charge in [-0.05, 0) is 24.3 Å². The van der Waals surface area contributed by atoms with Gasteiger partial charge >= 0.3 is 0 Å². The lowest BCUT2D eigenvalue weighted by Crippen LogP contribution is -2.15. The van der Waals surface area contributed by atoms with E-state index >= 15 is 0 Å². The Hall–Kier alpha value is -2.35. The highest BCUT2D eigenvalue weighted by Gasteiger charge is 2.08. The fourth-order valence-corrected chi connectivity index (χ4v) is 2.14. The summed E-state index contributed by atoms with van der Waals surface area (Å²) in [5, 5.41) is 0.665. The van der Waals surface area contributed by atoms with E-state index in [1.54, 1.807) is 12.1 Å². The minimum atomic E-state index is 0.0918. The maximum absolute atomic E-state index is 6.08. The molecule has 0 heterocycles. The summed E-state index contributed by atoms with van der Waals surface area (Å²) >= 11 is 12.2. The molecule has 0 unspecified atom stereocenters. The summed E-state index contributed by atoms with van der Waals surface area (Å²) in [6.45, 7) is 0.0918. The Morgan fingerprint density at radius 1 is 1.18 bits per heavy atom. The first-order chi connectivity index (χ1) is 10.7. The van der Waals surface area contributed by atoms with Gasteiger partial charge in [-0.3, -0.25) is 0 Å². The van der Waals surface area contributed by atoms with E-state index in [-0.39, 0.29) is 6.61 Å². The summed E-state index contributed by atoms with van der Waals surface area (Å²) < 4.78 is 5.26. The second-order valence-electron chi connectivity index (χ2n) is 4.02. The zero-order chi connectivity index (χ0) is 15.8. The highest BCUT2D eigenvalue weighted by molar-refractivity contribution is 6.37. The van der Waals surface area contributed by atoms with Crippen LogP contribution in [0.15, 0.2) is 47.5 Å². The van der Waals surface area contributed by atoms with Gasteiger partial charge in [0.1, 0.15) is 12.9 Å². The van der Waals surface area contributed by atoms with Gasteiger partial charge in [0, 0.05) is 0 Å². The Kier molecular flexibility index (Phi) is 5.96. The maximum atomic E-state index is 6.08. The van der Waals surface area contributed by atoms with E-state index in [4.69, 9.17) is 39.2 Å². The molecule has 1 N–H and O–H groups in total. The fourth-order valence-electron chi connectivity index (χ4n) is 1.56. The second kappa shape index (κ2) is 8.18. The standard InChI is InChI=1S/C16H12Cl2N2O2/c1-2-8-21-16-14(17)9-12(10-15(16)18)19-11-20-22-13-6-4-3-5-7-13/h1,3-7,9-11H,8H2,(H,19,20). The van der Waals surface area contributed by atoms with Crippen molar-refractivity contribution in [2.24, 2.45) is 4.99 Å². The maximum Gasteiger partial charge on any atom is 0.158 e. The molecular weight excluding hydrogens is 323 g/mol. The van der Waals surface area contributed by atoms with E-state index in [1.807, 2.05) is 30.3 Å². The first-order valence-electron chi connectivity index (χ1n) is 6.26. The van der Waals surface area contributed by atoms with Gasteiger partial charge in [0.25, 0.3) is 0 Å². The average molecular weight is 335 g/mol. The number of rotatable bonds is 6. The molecule has 0 fully saturated rings. The summed E-state index contributed by atoms with van der Waals surface area (Å²) in [7, 11) is 0. The quantitative estimate of drug-likeness (QED) is 0.371. The molecule has 22 heavy (non-hydrogen) atoms. The van der Waals surface area contributed by atoms with Crippen molar-refractivity contribution in [1.29, 1.82) is 0 Å². The van der Waals surface area contributed by atoms with Crippen molar-refractivity contribution in [2.75, 3.05) is 6.61 Å². The lowest BCUT2D eigenvalue weighted by molar-refractivity contribution is 0.267. The van der Waals surface area contributed by atoms with Crippen LogP contribution in [-0.2, 0) is 0 Å². The fraction of sp³-hybridized carbons (Fsp3) is 0.0625. The van der Waals surface area contributed by atoms with Gasteiger partial charge in [-0.15, -0.1) is 6.42 Å². The summed E-state index contributed by atoms with van der Waals surface area (Å²) in [6, 6.07) is 12.5. The van der Waals surface area contributed by atoms with Gasteiger partial charge in [0.2, 0.25) is 0 Å². The zero-order valence-corrected chi connectivity index (χ0v) is 12.9. The molecule has 0 saturated heterocycles. The molecule has 112 valence electrons. The number of nitrogens with zero attached hydrogens (tertiary/aromatic N) is 1. The van der Waals surface area contributed by atoms with Crippen molar-refractivity contribution in [3.8, 4) is 23.8 Å². The molecule has 2 aromatic rings. The molecule has 6 heteroatoms. The summed E-state index contributed by atoms with van der Waals surface area (Å²) in [5.74, 6) is 3.36. The molecule has 0 spiro atoms. The van der Waals surface area contributed by atoms with Gasteiger partial charge in [-0.1, -0.05) is 47.3 Å². The third kappa shape index (κ3) is 4.59. The molecule has 0 radical (unpaired) electrons. The number of para-hydroxylation sites is 1. The smallest absolute Gasteiger partial charge is 0.158 e. The van der Waals surface area contributed by atoms with Crippen molar-refractivity contribution in [1.82, 2.24) is 5.48 Å². The molecule has 0 bridgehead atoms. The van der Waals surface area contributed by atoms with Gasteiger partial charge in [0.05, 0.1) is 15.7 Å². The second-order valence-corrected chi connectivity index (χ2v) is 4.84. The lowest BCUT2D eigenvalue weighted by Gasteiger charge is -2.08. The van der Waals surface area contributed by atoms with Gasteiger partial charge in [0.15, 0.2) is 11.5 Å². The minimum Gasteiger partial charge on any atom is -0.478 e. The van der Waals surface area contributed by atoms with Gasteiger partial charge < -0.3 is 9.57 Å². The highest BCUT2D eigenvalue weighted by atomic mass is 35.5. The van der Waals surface area contributed by atoms with E-state index in [2.05, 4.69) is 16.4 Å². The van der Waals surface area contributed by atoms with Crippen LogP contribution >= 0.6 is 23.2 Å². The van der Waals surface area contributed by atoms with Crippen LogP contribution in [0.1, 0.15) is 0 Å². The van der Waals surface area contributed by atoms with Crippen molar-refractivity contribution >= 4 is 35.2 Å². The summed E-state index contributed by atoms with van der Waals surface area (Å²) in [6.07, 6.45) is 6.51. The SMILES string of the molecule is C#CCOc1c(Cl)cc(N=CNOc2ccccc2)cc1Cl. The average Bonchev–Trinajstić information content (AvgIpc) is 2.52. The molecule has 2 rings (SSSR count). The van der Waals surface area contributed by atoms with Crippen molar-refractivity contribution in [3.63, 3.8) is 0 Å². The normalized spacial score (nSPS) is 10.2. The molecule has 0 aliphatic heterocycles. The molecule has 0 saturated carbocycles. The highest BCUT2D eigenvalue weighted by Crippen LogP contribution is 2.36. The number of hydrogen-bond acceptors (Lipinski definition) is 3. The number of nitrogens with one attached hydrogen (secondary N) is 1. The summed E-state index contributed by atoms with van der Waals surface area (Å²) in [4.78, 5) is 9.39. The number of aliphatic imine (C=N–C) groups is 1. The van der Waals surface area contributed by atoms with Crippen LogP contribution in [0.2, 0.25) is 10.0 Å². The van der Waals surface area contributed by atoms with Gasteiger partial charge in [-0.2, -0.15) is 0 Å². The van der Waals surface area contributed by atoms with E-state index in [0.29, 0.717) is 27.2 Å². The number of benzene rings is 2. The lowest BCUT2D eigenvalue weighted by atomic mass is 10.3. The van der Waals surface area contributed by atoms with E-state index in [9.17, 15) is 0 Å². The number of ether oxygens (including phenoxy) is 1. The largest absolute Gasteiger partial charge is 0.478 e. The number of hydrogen-bond donors (Lipinski definition) is 1. The number of terminal acetylenes is 1. The molecule has 0 atom stereocenters. The Labute approximate surface area is 138 Å². The molecule has 0 amide bonds. The molecule has 4 nitrogen and oxygen atoms in total. The van der Waals surface area contributed by atoms with Crippen LogP contribution in [-0.4, -0.2) is 12.9 Å². The molecule has 0 aliphatic rings. The van der Waals surface area contributed by atoms with Crippen molar-refractivity contribution in [2.45, 2.75) is 0 Å². The summed E-state index contributed by atoms with van der Waals surface area (Å²) in [5.41, 5.74) is 3.15. The molecule has 0 aromatic heterocycles. The monoisotopic (exact) mass is 334 g/mol. The first kappa shape index (κ1) is 16.0. The van der Waals surface area contributed by atoms with Crippen LogP contribution < -0.4 is 15.1 Å². The zero-order valence-electron chi connectivity index (χ0n) is 11.4. The van der Waals surface area contributed by atoms with Crippen LogP contribution in [0.4, 0.5) is 5.69 Å².